The topological polar surface area (TPSA) is 142 Å². The Morgan fingerprint density at radius 2 is 2.00 bits per heavy atom. The molecule has 8 nitrogen and oxygen atoms in total. The van der Waals surface area contributed by atoms with Gasteiger partial charge in [0.25, 0.3) is 16.4 Å². The van der Waals surface area contributed by atoms with Crippen molar-refractivity contribution in [2.75, 3.05) is 5.73 Å². The fraction of sp³-hybridized carbons (Fsp3) is 0.167. The minimum absolute atomic E-state index is 0.555. The first kappa shape index (κ1) is 13.2. The summed E-state index contributed by atoms with van der Waals surface area (Å²) < 4.78 is 46.7. The molecule has 94 valence electrons. The smallest absolute Gasteiger partial charge is 0.319 e. The Kier molecular flexibility index (Phi) is 3.24. The third-order valence-electron chi connectivity index (χ3n) is 1.71. The molecule has 0 spiro atoms. The molecule has 0 saturated carbocycles. The largest absolute Gasteiger partial charge is 0.393 e. The number of aromatic nitrogens is 1. The number of anilines is 1. The first-order chi connectivity index (χ1) is 7.64. The summed E-state index contributed by atoms with van der Waals surface area (Å²) in [6.45, 7) is 0. The second kappa shape index (κ2) is 4.18. The van der Waals surface area contributed by atoms with E-state index in [0.717, 1.165) is 0 Å². The minimum atomic E-state index is -4.37. The Labute approximate surface area is 93.4 Å². The molecule has 0 unspecified atom stereocenters. The molecule has 0 aliphatic rings. The van der Waals surface area contributed by atoms with Gasteiger partial charge < -0.3 is 5.73 Å². The molecule has 0 fully saturated rings. The number of pyridine rings is 1. The molecule has 0 radical (unpaired) electrons. The monoisotopic (exact) mass is 268 g/mol. The van der Waals surface area contributed by atoms with Crippen LogP contribution in [-0.4, -0.2) is 18.3 Å². The Morgan fingerprint density at radius 3 is 2.35 bits per heavy atom. The van der Waals surface area contributed by atoms with E-state index in [9.17, 15) is 27.3 Å². The zero-order valence-electron chi connectivity index (χ0n) is 8.00. The van der Waals surface area contributed by atoms with Gasteiger partial charge in [-0.3, -0.25) is 10.1 Å². The third kappa shape index (κ3) is 2.62. The lowest BCUT2D eigenvalue weighted by Gasteiger charge is -2.05. The summed E-state index contributed by atoms with van der Waals surface area (Å²) in [5.41, 5.74) is 1.91. The SMILES string of the molecule is Nc1cc(S(N)(=O)=O)nc(C(F)F)c1[N+](=O)[O-]. The van der Waals surface area contributed by atoms with Crippen LogP contribution in [0, 0.1) is 10.1 Å². The van der Waals surface area contributed by atoms with Gasteiger partial charge in [-0.05, 0) is 0 Å². The van der Waals surface area contributed by atoms with Crippen LogP contribution in [0.2, 0.25) is 0 Å². The van der Waals surface area contributed by atoms with Crippen LogP contribution >= 0.6 is 0 Å². The third-order valence-corrected chi connectivity index (χ3v) is 2.50. The van der Waals surface area contributed by atoms with Crippen LogP contribution in [0.5, 0.6) is 0 Å². The Morgan fingerprint density at radius 1 is 1.47 bits per heavy atom. The fourth-order valence-corrected chi connectivity index (χ4v) is 1.57. The maximum Gasteiger partial charge on any atom is 0.319 e. The van der Waals surface area contributed by atoms with Crippen molar-refractivity contribution in [1.82, 2.24) is 4.98 Å². The number of primary sulfonamides is 1. The molecule has 17 heavy (non-hydrogen) atoms. The molecule has 0 atom stereocenters. The Bertz CT molecular complexity index is 574. The highest BCUT2D eigenvalue weighted by Crippen LogP contribution is 2.33. The molecule has 0 bridgehead atoms. The van der Waals surface area contributed by atoms with E-state index in [-0.39, 0.29) is 0 Å². The van der Waals surface area contributed by atoms with Gasteiger partial charge in [-0.2, -0.15) is 0 Å². The summed E-state index contributed by atoms with van der Waals surface area (Å²) in [6, 6.07) is 0.555. The highest BCUT2D eigenvalue weighted by atomic mass is 32.2. The van der Waals surface area contributed by atoms with Crippen molar-refractivity contribution in [2.24, 2.45) is 5.14 Å². The Hall–Kier alpha value is -1.88. The lowest BCUT2D eigenvalue weighted by atomic mass is 10.2. The van der Waals surface area contributed by atoms with Crippen molar-refractivity contribution < 1.29 is 22.1 Å². The van der Waals surface area contributed by atoms with E-state index in [2.05, 4.69) is 10.1 Å². The van der Waals surface area contributed by atoms with Gasteiger partial charge in [0.15, 0.2) is 10.7 Å². The van der Waals surface area contributed by atoms with Gasteiger partial charge in [-0.25, -0.2) is 27.3 Å². The number of rotatable bonds is 3. The number of nitro groups is 1. The van der Waals surface area contributed by atoms with Crippen LogP contribution in [0.3, 0.4) is 0 Å². The van der Waals surface area contributed by atoms with Crippen molar-refractivity contribution in [3.8, 4) is 0 Å². The molecule has 0 saturated heterocycles. The van der Waals surface area contributed by atoms with Gasteiger partial charge in [-0.1, -0.05) is 0 Å². The van der Waals surface area contributed by atoms with Crippen molar-refractivity contribution >= 4 is 21.4 Å². The number of nitrogen functional groups attached to an aromatic ring is 1. The maximum absolute atomic E-state index is 12.5. The number of hydrogen-bond acceptors (Lipinski definition) is 6. The van der Waals surface area contributed by atoms with E-state index in [0.29, 0.717) is 6.07 Å². The minimum Gasteiger partial charge on any atom is -0.393 e. The lowest BCUT2D eigenvalue weighted by molar-refractivity contribution is -0.385. The molecule has 0 aliphatic carbocycles. The van der Waals surface area contributed by atoms with Crippen LogP contribution in [0.1, 0.15) is 12.1 Å². The van der Waals surface area contributed by atoms with Crippen molar-refractivity contribution in [3.63, 3.8) is 0 Å². The molecular formula is C6H6F2N4O4S. The van der Waals surface area contributed by atoms with Crippen LogP contribution in [0.25, 0.3) is 0 Å². The van der Waals surface area contributed by atoms with E-state index in [4.69, 9.17) is 5.73 Å². The molecule has 0 aromatic carbocycles. The summed E-state index contributed by atoms with van der Waals surface area (Å²) in [5.74, 6) is 0. The number of nitrogens with zero attached hydrogens (tertiary/aromatic N) is 2. The summed E-state index contributed by atoms with van der Waals surface area (Å²) >= 11 is 0. The van der Waals surface area contributed by atoms with Crippen LogP contribution in [0.15, 0.2) is 11.1 Å². The van der Waals surface area contributed by atoms with Crippen molar-refractivity contribution in [2.45, 2.75) is 11.5 Å². The highest BCUT2D eigenvalue weighted by Gasteiger charge is 2.29. The van der Waals surface area contributed by atoms with Crippen LogP contribution < -0.4 is 10.9 Å². The van der Waals surface area contributed by atoms with E-state index in [1.54, 1.807) is 0 Å². The van der Waals surface area contributed by atoms with Gasteiger partial charge in [0.2, 0.25) is 0 Å². The predicted molar refractivity (Wildman–Crippen MR) is 51.6 cm³/mol. The number of nitrogens with two attached hydrogens (primary N) is 2. The molecule has 0 amide bonds. The quantitative estimate of drug-likeness (QED) is 0.590. The lowest BCUT2D eigenvalue weighted by Crippen LogP contribution is -2.16. The molecule has 1 rings (SSSR count). The van der Waals surface area contributed by atoms with Crippen LogP contribution in [-0.2, 0) is 10.0 Å². The van der Waals surface area contributed by atoms with Crippen molar-refractivity contribution in [3.05, 3.63) is 21.9 Å². The molecule has 1 aromatic heterocycles. The van der Waals surface area contributed by atoms with Crippen molar-refractivity contribution in [1.29, 1.82) is 0 Å². The molecule has 4 N–H and O–H groups in total. The molecule has 0 aliphatic heterocycles. The fourth-order valence-electron chi connectivity index (χ4n) is 1.05. The second-order valence-corrected chi connectivity index (χ2v) is 4.39. The van der Waals surface area contributed by atoms with Crippen LogP contribution in [0.4, 0.5) is 20.2 Å². The van der Waals surface area contributed by atoms with Gasteiger partial charge in [-0.15, -0.1) is 0 Å². The summed E-state index contributed by atoms with van der Waals surface area (Å²) in [6.07, 6.45) is -3.35. The molecule has 1 heterocycles. The van der Waals surface area contributed by atoms with E-state index in [1.165, 1.54) is 0 Å². The molecule has 1 aromatic rings. The summed E-state index contributed by atoms with van der Waals surface area (Å²) in [7, 11) is -4.37. The average molecular weight is 268 g/mol. The first-order valence-electron chi connectivity index (χ1n) is 3.90. The molecular weight excluding hydrogens is 262 g/mol. The summed E-state index contributed by atoms with van der Waals surface area (Å²) in [5, 5.41) is 14.2. The number of hydrogen-bond donors (Lipinski definition) is 2. The van der Waals surface area contributed by atoms with Gasteiger partial charge >= 0.3 is 5.69 Å². The zero-order valence-corrected chi connectivity index (χ0v) is 8.82. The normalized spacial score (nSPS) is 11.8. The standard InChI is InChI=1S/C6H6F2N4O4S/c7-6(8)4-5(12(13)14)2(9)1-3(11-4)17(10,15)16/h1,6H,(H2,9,11)(H2,10,15,16). The Balaban J connectivity index is 3.64. The zero-order chi connectivity index (χ0) is 13.4. The van der Waals surface area contributed by atoms with Gasteiger partial charge in [0, 0.05) is 6.07 Å². The van der Waals surface area contributed by atoms with E-state index < -0.39 is 43.5 Å². The highest BCUT2D eigenvalue weighted by molar-refractivity contribution is 7.89. The summed E-state index contributed by atoms with van der Waals surface area (Å²) in [4.78, 5) is 12.3. The van der Waals surface area contributed by atoms with Gasteiger partial charge in [0.05, 0.1) is 4.92 Å². The predicted octanol–water partition coefficient (Wildman–Crippen LogP) is 0.157. The van der Waals surface area contributed by atoms with Gasteiger partial charge in [0.1, 0.15) is 5.69 Å². The average Bonchev–Trinajstić information content (AvgIpc) is 2.13. The maximum atomic E-state index is 12.5. The second-order valence-electron chi connectivity index (χ2n) is 2.89. The van der Waals surface area contributed by atoms with E-state index >= 15 is 0 Å². The number of alkyl halides is 2. The van der Waals surface area contributed by atoms with E-state index in [1.807, 2.05) is 0 Å². The number of halogens is 2. The number of sulfonamides is 1. The first-order valence-corrected chi connectivity index (χ1v) is 5.45. The molecule has 11 heteroatoms.